The summed E-state index contributed by atoms with van der Waals surface area (Å²) in [7, 11) is 0. The van der Waals surface area contributed by atoms with Crippen LogP contribution in [0.4, 0.5) is 11.4 Å². The first-order chi connectivity index (χ1) is 15.8. The molecule has 1 aliphatic heterocycles. The number of amides is 1. The van der Waals surface area contributed by atoms with Crippen molar-refractivity contribution in [3.05, 3.63) is 102 Å². The average molecular weight is 562 g/mol. The minimum Gasteiger partial charge on any atom is -0.488 e. The second-order valence-electron chi connectivity index (χ2n) is 6.90. The topological polar surface area (TPSA) is 72.7 Å². The van der Waals surface area contributed by atoms with Crippen LogP contribution in [0.5, 0.6) is 5.75 Å². The molecule has 6 nitrogen and oxygen atoms in total. The molecule has 1 amide bonds. The molecule has 0 N–H and O–H groups in total. The summed E-state index contributed by atoms with van der Waals surface area (Å²) < 4.78 is 6.91. The fourth-order valence-electron chi connectivity index (χ4n) is 3.05. The Morgan fingerprint density at radius 2 is 1.91 bits per heavy atom. The van der Waals surface area contributed by atoms with Crippen LogP contribution in [-0.2, 0) is 11.4 Å². The van der Waals surface area contributed by atoms with Gasteiger partial charge in [0.15, 0.2) is 4.32 Å². The zero-order valence-electron chi connectivity index (χ0n) is 16.7. The van der Waals surface area contributed by atoms with E-state index in [0.29, 0.717) is 32.3 Å². The maximum atomic E-state index is 13.0. The van der Waals surface area contributed by atoms with Crippen LogP contribution in [0.25, 0.3) is 6.08 Å². The van der Waals surface area contributed by atoms with Crippen molar-refractivity contribution in [3.63, 3.8) is 0 Å². The summed E-state index contributed by atoms with van der Waals surface area (Å²) in [4.78, 5) is 25.3. The fourth-order valence-corrected chi connectivity index (χ4v) is 4.99. The predicted molar refractivity (Wildman–Crippen MR) is 139 cm³/mol. The van der Waals surface area contributed by atoms with Crippen LogP contribution in [0.15, 0.2) is 76.1 Å². The lowest BCUT2D eigenvalue weighted by molar-refractivity contribution is -0.384. The van der Waals surface area contributed by atoms with Crippen LogP contribution >= 0.6 is 51.5 Å². The first-order valence-electron chi connectivity index (χ1n) is 9.51. The Labute approximate surface area is 212 Å². The van der Waals surface area contributed by atoms with Gasteiger partial charge in [0.25, 0.3) is 11.6 Å². The number of hydrogen-bond donors (Lipinski definition) is 0. The number of ether oxygens (including phenoxy) is 1. The Balaban J connectivity index is 1.50. The van der Waals surface area contributed by atoms with E-state index in [4.69, 9.17) is 28.6 Å². The average Bonchev–Trinajstić information content (AvgIpc) is 3.07. The van der Waals surface area contributed by atoms with Gasteiger partial charge in [0, 0.05) is 17.2 Å². The van der Waals surface area contributed by atoms with E-state index in [1.54, 1.807) is 12.1 Å². The SMILES string of the molecule is O=C1/C(=C/c2ccc(OCc3ccc(Cl)cc3)c(Br)c2)SC(=S)N1c1cccc([N+](=O)[O-])c1. The van der Waals surface area contributed by atoms with Crippen LogP contribution in [-0.4, -0.2) is 15.2 Å². The second-order valence-corrected chi connectivity index (χ2v) is 9.87. The van der Waals surface area contributed by atoms with Crippen molar-refractivity contribution >= 4 is 79.2 Å². The van der Waals surface area contributed by atoms with Crippen LogP contribution < -0.4 is 9.64 Å². The van der Waals surface area contributed by atoms with E-state index in [1.165, 1.54) is 23.1 Å². The maximum absolute atomic E-state index is 13.0. The molecule has 1 heterocycles. The number of non-ortho nitro benzene ring substituents is 1. The second kappa shape index (κ2) is 10.0. The molecule has 0 radical (unpaired) electrons. The number of hydrogen-bond acceptors (Lipinski definition) is 6. The lowest BCUT2D eigenvalue weighted by Crippen LogP contribution is -2.27. The van der Waals surface area contributed by atoms with Crippen LogP contribution in [0.2, 0.25) is 5.02 Å². The summed E-state index contributed by atoms with van der Waals surface area (Å²) in [5.41, 5.74) is 2.02. The molecule has 33 heavy (non-hydrogen) atoms. The minimum atomic E-state index is -0.509. The smallest absolute Gasteiger partial charge is 0.271 e. The van der Waals surface area contributed by atoms with E-state index in [0.717, 1.165) is 27.4 Å². The van der Waals surface area contributed by atoms with E-state index in [2.05, 4.69) is 15.9 Å². The highest BCUT2D eigenvalue weighted by Crippen LogP contribution is 2.37. The normalized spacial score (nSPS) is 14.7. The van der Waals surface area contributed by atoms with Gasteiger partial charge in [0.2, 0.25) is 0 Å². The van der Waals surface area contributed by atoms with Crippen molar-refractivity contribution in [2.24, 2.45) is 0 Å². The van der Waals surface area contributed by atoms with Crippen molar-refractivity contribution in [1.29, 1.82) is 0 Å². The summed E-state index contributed by atoms with van der Waals surface area (Å²) in [6, 6.07) is 18.7. The van der Waals surface area contributed by atoms with Crippen LogP contribution in [0.1, 0.15) is 11.1 Å². The van der Waals surface area contributed by atoms with E-state index in [9.17, 15) is 14.9 Å². The highest BCUT2D eigenvalue weighted by Gasteiger charge is 2.34. The third kappa shape index (κ3) is 5.44. The number of carbonyl (C=O) groups is 1. The van der Waals surface area contributed by atoms with Crippen molar-refractivity contribution < 1.29 is 14.5 Å². The molecule has 0 spiro atoms. The molecule has 0 atom stereocenters. The number of rotatable bonds is 6. The molecule has 1 saturated heterocycles. The fraction of sp³-hybridized carbons (Fsp3) is 0.0435. The monoisotopic (exact) mass is 560 g/mol. The number of halogens is 2. The molecule has 0 aliphatic carbocycles. The van der Waals surface area contributed by atoms with E-state index < -0.39 is 4.92 Å². The van der Waals surface area contributed by atoms with Gasteiger partial charge in [-0.25, -0.2) is 0 Å². The quantitative estimate of drug-likeness (QED) is 0.140. The summed E-state index contributed by atoms with van der Waals surface area (Å²) in [6.07, 6.45) is 1.73. The van der Waals surface area contributed by atoms with Crippen LogP contribution in [0.3, 0.4) is 0 Å². The van der Waals surface area contributed by atoms with E-state index >= 15 is 0 Å². The van der Waals surface area contributed by atoms with Gasteiger partial charge in [0.1, 0.15) is 12.4 Å². The van der Waals surface area contributed by atoms with Gasteiger partial charge in [-0.15, -0.1) is 0 Å². The number of thiocarbonyl (C=S) groups is 1. The number of thioether (sulfide) groups is 1. The molecular weight excluding hydrogens is 548 g/mol. The summed E-state index contributed by atoms with van der Waals surface area (Å²) in [5.74, 6) is 0.330. The number of benzene rings is 3. The molecule has 3 aromatic carbocycles. The van der Waals surface area contributed by atoms with Gasteiger partial charge in [0.05, 0.1) is 20.0 Å². The Morgan fingerprint density at radius 1 is 1.15 bits per heavy atom. The summed E-state index contributed by atoms with van der Waals surface area (Å²) in [6.45, 7) is 0.386. The Bertz CT molecular complexity index is 1300. The van der Waals surface area contributed by atoms with Crippen molar-refractivity contribution in [2.45, 2.75) is 6.61 Å². The van der Waals surface area contributed by atoms with Gasteiger partial charge in [-0.05, 0) is 63.5 Å². The highest BCUT2D eigenvalue weighted by atomic mass is 79.9. The highest BCUT2D eigenvalue weighted by molar-refractivity contribution is 9.10. The van der Waals surface area contributed by atoms with Crippen molar-refractivity contribution in [2.75, 3.05) is 4.90 Å². The van der Waals surface area contributed by atoms with E-state index in [-0.39, 0.29) is 11.6 Å². The van der Waals surface area contributed by atoms with Gasteiger partial charge in [-0.1, -0.05) is 59.8 Å². The Morgan fingerprint density at radius 3 is 2.61 bits per heavy atom. The number of nitro benzene ring substituents is 1. The van der Waals surface area contributed by atoms with Gasteiger partial charge in [-0.3, -0.25) is 19.8 Å². The first kappa shape index (κ1) is 23.4. The molecule has 0 bridgehead atoms. The van der Waals surface area contributed by atoms with Crippen molar-refractivity contribution in [1.82, 2.24) is 0 Å². The maximum Gasteiger partial charge on any atom is 0.271 e. The van der Waals surface area contributed by atoms with Gasteiger partial charge in [-0.2, -0.15) is 0 Å². The summed E-state index contributed by atoms with van der Waals surface area (Å²) in [5, 5.41) is 11.7. The zero-order chi connectivity index (χ0) is 23.5. The molecule has 1 fully saturated rings. The number of nitrogens with zero attached hydrogens (tertiary/aromatic N) is 2. The molecular formula is C23H14BrClN2O4S2. The number of carbonyl (C=O) groups excluding carboxylic acids is 1. The third-order valence-electron chi connectivity index (χ3n) is 4.65. The van der Waals surface area contributed by atoms with Gasteiger partial charge >= 0.3 is 0 Å². The molecule has 4 rings (SSSR count). The number of anilines is 1. The molecule has 166 valence electrons. The first-order valence-corrected chi connectivity index (χ1v) is 11.9. The Kier molecular flexibility index (Phi) is 7.14. The molecule has 0 unspecified atom stereocenters. The standard InChI is InChI=1S/C23H14BrClN2O4S2/c24-19-10-15(6-9-20(19)31-13-14-4-7-16(25)8-5-14)11-21-22(28)26(23(32)33-21)17-2-1-3-18(12-17)27(29)30/h1-12H,13H2/b21-11-. The van der Waals surface area contributed by atoms with E-state index in [1.807, 2.05) is 42.5 Å². The molecule has 10 heteroatoms. The molecule has 0 saturated carbocycles. The lowest BCUT2D eigenvalue weighted by atomic mass is 10.2. The Hall–Kier alpha value is -2.72. The predicted octanol–water partition coefficient (Wildman–Crippen LogP) is 7.00. The third-order valence-corrected chi connectivity index (χ3v) is 6.83. The largest absolute Gasteiger partial charge is 0.488 e. The van der Waals surface area contributed by atoms with Gasteiger partial charge < -0.3 is 4.74 Å². The van der Waals surface area contributed by atoms with Crippen LogP contribution in [0, 0.1) is 10.1 Å². The lowest BCUT2D eigenvalue weighted by Gasteiger charge is -2.14. The minimum absolute atomic E-state index is 0.108. The number of nitro groups is 1. The molecule has 0 aromatic heterocycles. The molecule has 1 aliphatic rings. The molecule has 3 aromatic rings. The summed E-state index contributed by atoms with van der Waals surface area (Å²) >= 11 is 15.9. The zero-order valence-corrected chi connectivity index (χ0v) is 20.7. The van der Waals surface area contributed by atoms with Crippen molar-refractivity contribution in [3.8, 4) is 5.75 Å².